The summed E-state index contributed by atoms with van der Waals surface area (Å²) in [6.07, 6.45) is 7.13. The third kappa shape index (κ3) is 4.46. The smallest absolute Gasteiger partial charge is 0.318 e. The fourth-order valence-corrected chi connectivity index (χ4v) is 3.58. The van der Waals surface area contributed by atoms with Gasteiger partial charge in [0.2, 0.25) is 0 Å². The zero-order valence-corrected chi connectivity index (χ0v) is 16.7. The molecular weight excluding hydrogens is 382 g/mol. The first-order valence-corrected chi connectivity index (χ1v) is 9.70. The van der Waals surface area contributed by atoms with Crippen LogP contribution in [0.2, 0.25) is 0 Å². The number of urea groups is 1. The maximum atomic E-state index is 12.8. The lowest BCUT2D eigenvalue weighted by molar-refractivity contribution is 0.0527. The molecule has 3 heterocycles. The highest BCUT2D eigenvalue weighted by molar-refractivity contribution is 7.13. The van der Waals surface area contributed by atoms with E-state index in [0.717, 1.165) is 17.1 Å². The first-order valence-electron chi connectivity index (χ1n) is 8.93. The lowest BCUT2D eigenvalue weighted by Gasteiger charge is -2.26. The molecule has 28 heavy (non-hydrogen) atoms. The van der Waals surface area contributed by atoms with Crippen LogP contribution in [0.1, 0.15) is 12.6 Å². The van der Waals surface area contributed by atoms with Crippen molar-refractivity contribution in [1.82, 2.24) is 24.1 Å². The van der Waals surface area contributed by atoms with Crippen molar-refractivity contribution >= 4 is 33.4 Å². The van der Waals surface area contributed by atoms with E-state index in [9.17, 15) is 9.59 Å². The van der Waals surface area contributed by atoms with Crippen LogP contribution in [0.5, 0.6) is 0 Å². The van der Waals surface area contributed by atoms with Crippen LogP contribution in [-0.4, -0.2) is 64.9 Å². The molecule has 2 aromatic heterocycles. The third-order valence-corrected chi connectivity index (χ3v) is 5.12. The summed E-state index contributed by atoms with van der Waals surface area (Å²) in [4.78, 5) is 31.0. The van der Waals surface area contributed by atoms with Gasteiger partial charge < -0.3 is 19.7 Å². The summed E-state index contributed by atoms with van der Waals surface area (Å²) in [6, 6.07) is -0.222. The maximum Gasteiger partial charge on any atom is 0.318 e. The number of carbonyl (C=O) groups is 1. The van der Waals surface area contributed by atoms with Crippen molar-refractivity contribution in [3.05, 3.63) is 40.6 Å². The average Bonchev–Trinajstić information content (AvgIpc) is 3.16. The molecule has 9 nitrogen and oxygen atoms in total. The summed E-state index contributed by atoms with van der Waals surface area (Å²) < 4.78 is 16.5. The summed E-state index contributed by atoms with van der Waals surface area (Å²) in [5, 5.41) is 2.75. The normalized spacial score (nSPS) is 15.5. The number of fused-ring (bicyclic) bond motifs is 1. The Bertz CT molecular complexity index is 943. The predicted molar refractivity (Wildman–Crippen MR) is 107 cm³/mol. The molecule has 0 aliphatic carbocycles. The van der Waals surface area contributed by atoms with Gasteiger partial charge in [-0.15, -0.1) is 0 Å². The summed E-state index contributed by atoms with van der Waals surface area (Å²) >= 11 is 1.11. The molecular formula is C18H23N5O4S. The minimum Gasteiger partial charge on any atom is -0.381 e. The Labute approximate surface area is 166 Å². The van der Waals surface area contributed by atoms with Crippen LogP contribution >= 0.6 is 11.5 Å². The van der Waals surface area contributed by atoms with Crippen LogP contribution in [0, 0.1) is 0 Å². The zero-order valence-electron chi connectivity index (χ0n) is 15.9. The van der Waals surface area contributed by atoms with Gasteiger partial charge >= 0.3 is 6.03 Å². The molecule has 0 atom stereocenters. The Morgan fingerprint density at radius 1 is 1.43 bits per heavy atom. The van der Waals surface area contributed by atoms with Gasteiger partial charge in [-0.2, -0.15) is 4.37 Å². The first-order chi connectivity index (χ1) is 13.7. The van der Waals surface area contributed by atoms with Crippen molar-refractivity contribution in [1.29, 1.82) is 0 Å². The molecule has 10 heteroatoms. The van der Waals surface area contributed by atoms with E-state index in [1.54, 1.807) is 12.0 Å². The van der Waals surface area contributed by atoms with Gasteiger partial charge in [0.25, 0.3) is 5.56 Å². The summed E-state index contributed by atoms with van der Waals surface area (Å²) in [5.74, 6) is 0. The monoisotopic (exact) mass is 405 g/mol. The second kappa shape index (κ2) is 9.58. The van der Waals surface area contributed by atoms with Gasteiger partial charge in [0.05, 0.1) is 26.1 Å². The number of amides is 2. The van der Waals surface area contributed by atoms with E-state index >= 15 is 0 Å². The number of nitrogens with zero attached hydrogens (tertiary/aromatic N) is 4. The van der Waals surface area contributed by atoms with E-state index in [1.807, 2.05) is 25.2 Å². The van der Waals surface area contributed by atoms with Gasteiger partial charge in [-0.1, -0.05) is 18.2 Å². The second-order valence-corrected chi connectivity index (χ2v) is 6.84. The largest absolute Gasteiger partial charge is 0.381 e. The SMILES string of the molecule is C/C=C(\C=C/COC)c1nsc2c(=O)n(CNC(=O)N3CCOCC3)cnc12. The van der Waals surface area contributed by atoms with Gasteiger partial charge in [-0.05, 0) is 24.0 Å². The summed E-state index contributed by atoms with van der Waals surface area (Å²) in [5.41, 5.74) is 1.86. The average molecular weight is 405 g/mol. The summed E-state index contributed by atoms with van der Waals surface area (Å²) in [6.45, 7) is 4.57. The number of rotatable bonds is 6. The Hall–Kier alpha value is -2.56. The van der Waals surface area contributed by atoms with Crippen LogP contribution in [0.15, 0.2) is 29.3 Å². The molecule has 1 aliphatic heterocycles. The third-order valence-electron chi connectivity index (χ3n) is 4.29. The van der Waals surface area contributed by atoms with E-state index < -0.39 is 0 Å². The predicted octanol–water partition coefficient (Wildman–Crippen LogP) is 1.46. The Morgan fingerprint density at radius 3 is 2.93 bits per heavy atom. The quantitative estimate of drug-likeness (QED) is 0.731. The van der Waals surface area contributed by atoms with Gasteiger partial charge in [0.1, 0.15) is 22.6 Å². The number of carbonyl (C=O) groups excluding carboxylic acids is 1. The van der Waals surface area contributed by atoms with Crippen molar-refractivity contribution in [2.75, 3.05) is 40.0 Å². The molecule has 0 bridgehead atoms. The topological polar surface area (TPSA) is 98.6 Å². The van der Waals surface area contributed by atoms with Crippen molar-refractivity contribution in [2.45, 2.75) is 13.6 Å². The van der Waals surface area contributed by atoms with Crippen LogP contribution < -0.4 is 10.9 Å². The van der Waals surface area contributed by atoms with Crippen molar-refractivity contribution < 1.29 is 14.3 Å². The van der Waals surface area contributed by atoms with Crippen molar-refractivity contribution in [2.24, 2.45) is 0 Å². The highest BCUT2D eigenvalue weighted by Crippen LogP contribution is 2.24. The molecule has 0 aromatic carbocycles. The van der Waals surface area contributed by atoms with Crippen molar-refractivity contribution in [3.63, 3.8) is 0 Å². The molecule has 0 spiro atoms. The highest BCUT2D eigenvalue weighted by Gasteiger charge is 2.18. The van der Waals surface area contributed by atoms with Gasteiger partial charge in [0.15, 0.2) is 0 Å². The molecule has 2 aromatic rings. The number of hydrogen-bond acceptors (Lipinski definition) is 7. The van der Waals surface area contributed by atoms with Gasteiger partial charge in [-0.3, -0.25) is 9.36 Å². The molecule has 1 saturated heterocycles. The zero-order chi connectivity index (χ0) is 19.9. The highest BCUT2D eigenvalue weighted by atomic mass is 32.1. The maximum absolute atomic E-state index is 12.8. The standard InChI is InChI=1S/C18H23N5O4S/c1-3-13(5-4-8-26-2)14-15-16(28-21-14)17(24)23(11-19-15)12-20-18(25)22-6-9-27-10-7-22/h3-5,11H,6-10,12H2,1-2H3,(H,20,25)/b5-4-,13-3+. The molecule has 1 N–H and O–H groups in total. The molecule has 1 aliphatic rings. The fourth-order valence-electron chi connectivity index (χ4n) is 2.77. The molecule has 150 valence electrons. The Morgan fingerprint density at radius 2 is 2.21 bits per heavy atom. The molecule has 1 fully saturated rings. The lowest BCUT2D eigenvalue weighted by Crippen LogP contribution is -2.47. The Balaban J connectivity index is 1.77. The van der Waals surface area contributed by atoms with Crippen LogP contribution in [0.25, 0.3) is 15.8 Å². The van der Waals surface area contributed by atoms with Gasteiger partial charge in [0, 0.05) is 20.2 Å². The molecule has 0 radical (unpaired) electrons. The van der Waals surface area contributed by atoms with E-state index in [2.05, 4.69) is 14.7 Å². The molecule has 2 amide bonds. The van der Waals surface area contributed by atoms with E-state index in [0.29, 0.717) is 48.8 Å². The van der Waals surface area contributed by atoms with Crippen molar-refractivity contribution in [3.8, 4) is 0 Å². The van der Waals surface area contributed by atoms with E-state index in [-0.39, 0.29) is 18.3 Å². The first kappa shape index (κ1) is 20.2. The summed E-state index contributed by atoms with van der Waals surface area (Å²) in [7, 11) is 1.62. The number of nitrogens with one attached hydrogen (secondary N) is 1. The molecule has 3 rings (SSSR count). The van der Waals surface area contributed by atoms with E-state index in [4.69, 9.17) is 9.47 Å². The minimum absolute atomic E-state index is 0.0510. The number of aromatic nitrogens is 3. The second-order valence-electron chi connectivity index (χ2n) is 6.07. The minimum atomic E-state index is -0.229. The molecule has 0 unspecified atom stereocenters. The van der Waals surface area contributed by atoms with E-state index in [1.165, 1.54) is 10.9 Å². The van der Waals surface area contributed by atoms with Gasteiger partial charge in [-0.25, -0.2) is 9.78 Å². The fraction of sp³-hybridized carbons (Fsp3) is 0.444. The number of morpholine rings is 1. The van der Waals surface area contributed by atoms with Crippen LogP contribution in [-0.2, 0) is 16.1 Å². The van der Waals surface area contributed by atoms with Crippen LogP contribution in [0.4, 0.5) is 4.79 Å². The number of ether oxygens (including phenoxy) is 2. The number of hydrogen-bond donors (Lipinski definition) is 1. The molecule has 0 saturated carbocycles. The van der Waals surface area contributed by atoms with Crippen LogP contribution in [0.3, 0.4) is 0 Å². The number of allylic oxidation sites excluding steroid dienone is 3. The lowest BCUT2D eigenvalue weighted by atomic mass is 10.1. The number of methoxy groups -OCH3 is 1. The Kier molecular flexibility index (Phi) is 6.90.